The molecule has 53 heavy (non-hydrogen) atoms. The quantitative estimate of drug-likeness (QED) is 0.0499. The van der Waals surface area contributed by atoms with Gasteiger partial charge < -0.3 is 24.2 Å². The van der Waals surface area contributed by atoms with Gasteiger partial charge in [0.15, 0.2) is 0 Å². The summed E-state index contributed by atoms with van der Waals surface area (Å²) in [5.41, 5.74) is 0.499. The fourth-order valence-corrected chi connectivity index (χ4v) is 7.47. The van der Waals surface area contributed by atoms with Gasteiger partial charge in [0.2, 0.25) is 0 Å². The molecular weight excluding hydrogens is 745 g/mol. The summed E-state index contributed by atoms with van der Waals surface area (Å²) in [4.78, 5) is -1.14. The third-order valence-electron chi connectivity index (χ3n) is 8.39. The zero-order valence-corrected chi connectivity index (χ0v) is 34.5. The van der Waals surface area contributed by atoms with Crippen molar-refractivity contribution in [3.05, 3.63) is 96.1 Å². The Kier molecular flexibility index (Phi) is 20.8. The molecule has 0 unspecified atom stereocenters. The normalized spacial score (nSPS) is 11.2. The molecule has 4 rings (SSSR count). The number of hydrogen-bond donors (Lipinski definition) is 2. The van der Waals surface area contributed by atoms with E-state index in [1.54, 1.807) is 36.4 Å². The Balaban J connectivity index is 0.000000360. The van der Waals surface area contributed by atoms with Crippen LogP contribution in [0, 0.1) is 0 Å². The third kappa shape index (κ3) is 15.8. The van der Waals surface area contributed by atoms with Crippen molar-refractivity contribution in [2.24, 2.45) is 0 Å². The number of ether oxygens (including phenoxy) is 2. The summed E-state index contributed by atoms with van der Waals surface area (Å²) >= 11 is 0. The molecule has 0 radical (unpaired) electrons. The second-order valence-electron chi connectivity index (χ2n) is 12.6. The van der Waals surface area contributed by atoms with Gasteiger partial charge in [-0.15, -0.1) is 0 Å². The number of phenols is 1. The van der Waals surface area contributed by atoms with E-state index in [0.717, 1.165) is 63.9 Å². The molecule has 4 aromatic carbocycles. The third-order valence-corrected chi connectivity index (χ3v) is 10.3. The zero-order valence-electron chi connectivity index (χ0n) is 30.7. The topological polar surface area (TPSA) is 173 Å². The summed E-state index contributed by atoms with van der Waals surface area (Å²) in [6.45, 7) is 4.29. The molecule has 0 saturated carbocycles. The van der Waals surface area contributed by atoms with Gasteiger partial charge in [0.1, 0.15) is 43.8 Å². The second kappa shape index (κ2) is 23.8. The van der Waals surface area contributed by atoms with E-state index in [9.17, 15) is 36.2 Å². The van der Waals surface area contributed by atoms with Crippen LogP contribution in [0.2, 0.25) is 0 Å². The molecule has 2 N–H and O–H groups in total. The summed E-state index contributed by atoms with van der Waals surface area (Å²) in [7, 11) is -9.43. The maximum atomic E-state index is 12.0. The SMILES string of the molecule is CCCCCCCCc1c(Oc2ccccc2)ccc(O)c1S(=O)(=O)O.CCCCCCCCc1c(Oc2ccccc2)ccc([O-])c1S(=O)(=O)[O-].[Ca+2]. The van der Waals surface area contributed by atoms with E-state index >= 15 is 0 Å². The largest absolute Gasteiger partial charge is 2.00 e. The molecular formula is C40H50CaO10S2. The molecule has 0 aliphatic heterocycles. The maximum absolute atomic E-state index is 12.0. The molecule has 10 nitrogen and oxygen atoms in total. The van der Waals surface area contributed by atoms with Crippen molar-refractivity contribution >= 4 is 58.0 Å². The van der Waals surface area contributed by atoms with E-state index in [4.69, 9.17) is 9.47 Å². The summed E-state index contributed by atoms with van der Waals surface area (Å²) < 4.78 is 79.6. The molecule has 0 atom stereocenters. The molecule has 0 aromatic heterocycles. The van der Waals surface area contributed by atoms with Crippen LogP contribution >= 0.6 is 0 Å². The summed E-state index contributed by atoms with van der Waals surface area (Å²) in [5.74, 6) is 0.414. The smallest absolute Gasteiger partial charge is 0.872 e. The van der Waals surface area contributed by atoms with Gasteiger partial charge in [0, 0.05) is 11.1 Å². The Hall–Kier alpha value is -2.84. The number of aromatic hydroxyl groups is 1. The van der Waals surface area contributed by atoms with Crippen molar-refractivity contribution < 1.29 is 45.6 Å². The van der Waals surface area contributed by atoms with Crippen LogP contribution in [0.1, 0.15) is 102 Å². The Morgan fingerprint density at radius 3 is 1.38 bits per heavy atom. The predicted molar refractivity (Wildman–Crippen MR) is 205 cm³/mol. The van der Waals surface area contributed by atoms with Crippen LogP contribution in [0.25, 0.3) is 0 Å². The minimum absolute atomic E-state index is 0. The van der Waals surface area contributed by atoms with Crippen LogP contribution in [0.4, 0.5) is 0 Å². The first-order valence-corrected chi connectivity index (χ1v) is 20.8. The molecule has 13 heteroatoms. The molecule has 0 amide bonds. The van der Waals surface area contributed by atoms with Crippen molar-refractivity contribution in [3.8, 4) is 34.5 Å². The molecule has 0 aliphatic rings. The minimum Gasteiger partial charge on any atom is -0.872 e. The van der Waals surface area contributed by atoms with Crippen molar-refractivity contribution in [2.75, 3.05) is 0 Å². The van der Waals surface area contributed by atoms with Gasteiger partial charge in [-0.05, 0) is 68.1 Å². The molecule has 0 bridgehead atoms. The van der Waals surface area contributed by atoms with Gasteiger partial charge in [-0.2, -0.15) is 8.42 Å². The Morgan fingerprint density at radius 1 is 0.566 bits per heavy atom. The Morgan fingerprint density at radius 2 is 0.962 bits per heavy atom. The fraction of sp³-hybridized carbons (Fsp3) is 0.400. The van der Waals surface area contributed by atoms with Gasteiger partial charge in [0.05, 0.1) is 4.90 Å². The molecule has 4 aromatic rings. The second-order valence-corrected chi connectivity index (χ2v) is 15.2. The van der Waals surface area contributed by atoms with Crippen LogP contribution in [-0.4, -0.2) is 68.8 Å². The maximum Gasteiger partial charge on any atom is 2.00 e. The van der Waals surface area contributed by atoms with Gasteiger partial charge in [-0.1, -0.05) is 126 Å². The first-order chi connectivity index (χ1) is 24.9. The Labute approximate surface area is 345 Å². The fourth-order valence-electron chi connectivity index (χ4n) is 5.81. The number of hydrogen-bond acceptors (Lipinski definition) is 9. The van der Waals surface area contributed by atoms with Crippen LogP contribution in [0.15, 0.2) is 94.7 Å². The van der Waals surface area contributed by atoms with E-state index < -0.39 is 41.5 Å². The average molecular weight is 795 g/mol. The van der Waals surface area contributed by atoms with E-state index in [0.29, 0.717) is 42.1 Å². The number of unbranched alkanes of at least 4 members (excludes halogenated alkanes) is 10. The standard InChI is InChI=1S/2C20H26O5S.Ca/c2*1-2-3-4-5-6-10-13-17-19(25-16-11-8-7-9-12-16)15-14-18(21)20(17)26(22,23)24;/h2*7-9,11-12,14-15,21H,2-6,10,13H2,1H3,(H,22,23,24);/q;;+2/p-2. The van der Waals surface area contributed by atoms with Gasteiger partial charge in [-0.25, -0.2) is 8.42 Å². The summed E-state index contributed by atoms with van der Waals surface area (Å²) in [5, 5.41) is 22.0. The molecule has 0 heterocycles. The predicted octanol–water partition coefficient (Wildman–Crippen LogP) is 9.31. The van der Waals surface area contributed by atoms with Crippen LogP contribution in [0.5, 0.6) is 34.5 Å². The van der Waals surface area contributed by atoms with E-state index in [2.05, 4.69) is 13.8 Å². The molecule has 0 saturated heterocycles. The van der Waals surface area contributed by atoms with E-state index in [1.165, 1.54) is 31.0 Å². The first kappa shape index (κ1) is 46.3. The summed E-state index contributed by atoms with van der Waals surface area (Å²) in [6, 6.07) is 23.1. The van der Waals surface area contributed by atoms with Gasteiger partial charge in [-0.3, -0.25) is 4.55 Å². The molecule has 0 spiro atoms. The monoisotopic (exact) mass is 794 g/mol. The number of phenolic OH excluding ortho intramolecular Hbond substituents is 1. The Bertz CT molecular complexity index is 1750. The first-order valence-electron chi connectivity index (χ1n) is 17.9. The van der Waals surface area contributed by atoms with Crippen LogP contribution in [0.3, 0.4) is 0 Å². The average Bonchev–Trinajstić information content (AvgIpc) is 3.10. The molecule has 0 fully saturated rings. The number of rotatable bonds is 20. The number of benzene rings is 4. The van der Waals surface area contributed by atoms with Crippen molar-refractivity contribution in [1.82, 2.24) is 0 Å². The van der Waals surface area contributed by atoms with Gasteiger partial charge >= 0.3 is 37.7 Å². The minimum atomic E-state index is -4.87. The van der Waals surface area contributed by atoms with Crippen molar-refractivity contribution in [1.29, 1.82) is 0 Å². The van der Waals surface area contributed by atoms with Crippen molar-refractivity contribution in [3.63, 3.8) is 0 Å². The van der Waals surface area contributed by atoms with Crippen LogP contribution < -0.4 is 14.6 Å². The van der Waals surface area contributed by atoms with E-state index in [-0.39, 0.29) is 49.1 Å². The molecule has 284 valence electrons. The van der Waals surface area contributed by atoms with E-state index in [1.807, 2.05) is 24.3 Å². The van der Waals surface area contributed by atoms with Crippen molar-refractivity contribution in [2.45, 2.75) is 114 Å². The zero-order chi connectivity index (χ0) is 38.0. The number of para-hydroxylation sites is 2. The molecule has 0 aliphatic carbocycles. The van der Waals surface area contributed by atoms with Crippen LogP contribution in [-0.2, 0) is 33.1 Å². The summed E-state index contributed by atoms with van der Waals surface area (Å²) in [6.07, 6.45) is 13.1. The van der Waals surface area contributed by atoms with Gasteiger partial charge in [0.25, 0.3) is 10.1 Å².